The van der Waals surface area contributed by atoms with Gasteiger partial charge in [0, 0.05) is 12.1 Å². The smallest absolute Gasteiger partial charge is 0.321 e. The highest BCUT2D eigenvalue weighted by atomic mass is 35.5. The first kappa shape index (κ1) is 13.8. The second-order valence-corrected chi connectivity index (χ2v) is 5.05. The van der Waals surface area contributed by atoms with E-state index in [0.717, 1.165) is 17.3 Å². The summed E-state index contributed by atoms with van der Waals surface area (Å²) >= 11 is 6.90. The largest absolute Gasteiger partial charge is 0.323 e. The average molecular weight is 297 g/mol. The van der Waals surface area contributed by atoms with E-state index in [1.165, 1.54) is 6.20 Å². The molecule has 1 N–H and O–H groups in total. The van der Waals surface area contributed by atoms with Gasteiger partial charge in [-0.25, -0.2) is 4.79 Å². The number of nitrogens with one attached hydrogen (secondary N) is 1. The molecule has 1 heterocycles. The molecule has 0 fully saturated rings. The molecule has 7 heteroatoms. The van der Waals surface area contributed by atoms with Gasteiger partial charge >= 0.3 is 6.03 Å². The van der Waals surface area contributed by atoms with Crippen molar-refractivity contribution in [1.82, 2.24) is 13.6 Å². The Labute approximate surface area is 120 Å². The molecule has 19 heavy (non-hydrogen) atoms. The Bertz CT molecular complexity index is 543. The summed E-state index contributed by atoms with van der Waals surface area (Å²) in [6.07, 6.45) is 1.52. The predicted molar refractivity (Wildman–Crippen MR) is 76.6 cm³/mol. The Morgan fingerprint density at radius 2 is 2.11 bits per heavy atom. The summed E-state index contributed by atoms with van der Waals surface area (Å²) in [5, 5.41) is 3.36. The monoisotopic (exact) mass is 296 g/mol. The van der Waals surface area contributed by atoms with E-state index in [9.17, 15) is 4.79 Å². The number of halogens is 1. The van der Waals surface area contributed by atoms with Gasteiger partial charge in [0.15, 0.2) is 5.82 Å². The molecule has 2 rings (SSSR count). The minimum Gasteiger partial charge on any atom is -0.321 e. The molecular weight excluding hydrogens is 284 g/mol. The quantitative estimate of drug-likeness (QED) is 0.944. The highest BCUT2D eigenvalue weighted by Gasteiger charge is 2.17. The van der Waals surface area contributed by atoms with Gasteiger partial charge in [0.2, 0.25) is 0 Å². The number of aromatic nitrogens is 2. The molecule has 1 aromatic carbocycles. The van der Waals surface area contributed by atoms with Crippen molar-refractivity contribution in [3.63, 3.8) is 0 Å². The number of carbonyl (C=O) groups is 1. The maximum absolute atomic E-state index is 12.0. The lowest BCUT2D eigenvalue weighted by atomic mass is 10.1. The van der Waals surface area contributed by atoms with Crippen LogP contribution >= 0.6 is 23.3 Å². The van der Waals surface area contributed by atoms with E-state index in [2.05, 4.69) is 14.1 Å². The second kappa shape index (κ2) is 5.99. The van der Waals surface area contributed by atoms with E-state index in [-0.39, 0.29) is 12.1 Å². The zero-order valence-corrected chi connectivity index (χ0v) is 12.1. The van der Waals surface area contributed by atoms with Crippen LogP contribution in [0.2, 0.25) is 5.02 Å². The van der Waals surface area contributed by atoms with E-state index in [0.29, 0.717) is 10.8 Å². The summed E-state index contributed by atoms with van der Waals surface area (Å²) in [7, 11) is 1.73. The topological polar surface area (TPSA) is 58.1 Å². The van der Waals surface area contributed by atoms with Crippen molar-refractivity contribution < 1.29 is 4.79 Å². The van der Waals surface area contributed by atoms with Gasteiger partial charge in [0.1, 0.15) is 0 Å². The minimum absolute atomic E-state index is 0.0659. The maximum Gasteiger partial charge on any atom is 0.323 e. The van der Waals surface area contributed by atoms with Crippen molar-refractivity contribution >= 4 is 35.2 Å². The van der Waals surface area contributed by atoms with Gasteiger partial charge in [0.25, 0.3) is 0 Å². The van der Waals surface area contributed by atoms with Crippen LogP contribution < -0.4 is 5.32 Å². The van der Waals surface area contributed by atoms with Crippen molar-refractivity contribution in [3.8, 4) is 0 Å². The third kappa shape index (κ3) is 3.42. The molecule has 0 unspecified atom stereocenters. The number of amides is 2. The van der Waals surface area contributed by atoms with Crippen molar-refractivity contribution in [2.75, 3.05) is 12.4 Å². The number of anilines is 1. The molecule has 0 aliphatic carbocycles. The Hall–Kier alpha value is -1.66. The average Bonchev–Trinajstić information content (AvgIpc) is 2.90. The molecule has 0 saturated heterocycles. The lowest BCUT2D eigenvalue weighted by Gasteiger charge is -2.25. The zero-order valence-electron chi connectivity index (χ0n) is 10.5. The Kier molecular flexibility index (Phi) is 4.34. The Balaban J connectivity index is 2.04. The van der Waals surface area contributed by atoms with Crippen molar-refractivity contribution in [2.45, 2.75) is 13.0 Å². The maximum atomic E-state index is 12.0. The normalized spacial score (nSPS) is 11.9. The third-order valence-electron chi connectivity index (χ3n) is 2.85. The van der Waals surface area contributed by atoms with Gasteiger partial charge in [-0.15, -0.1) is 0 Å². The number of hydrogen-bond acceptors (Lipinski definition) is 4. The highest BCUT2D eigenvalue weighted by molar-refractivity contribution is 6.99. The molecule has 0 spiro atoms. The SMILES string of the molecule is C[C@@H](c1ccc(Cl)cc1)N(C)C(=O)Nc1cnsn1. The first-order chi connectivity index (χ1) is 9.08. The van der Waals surface area contributed by atoms with Crippen LogP contribution in [0.1, 0.15) is 18.5 Å². The first-order valence-electron chi connectivity index (χ1n) is 5.65. The number of hydrogen-bond donors (Lipinski definition) is 1. The molecule has 0 saturated carbocycles. The summed E-state index contributed by atoms with van der Waals surface area (Å²) in [4.78, 5) is 13.6. The standard InChI is InChI=1S/C12H13ClN4OS/c1-8(9-3-5-10(13)6-4-9)17(2)12(18)15-11-7-14-19-16-11/h3-8H,1-2H3,(H,15,16,18)/t8-/m0/s1. The van der Waals surface area contributed by atoms with Crippen LogP contribution in [0, 0.1) is 0 Å². The lowest BCUT2D eigenvalue weighted by Crippen LogP contribution is -2.33. The van der Waals surface area contributed by atoms with Crippen molar-refractivity contribution in [2.24, 2.45) is 0 Å². The summed E-state index contributed by atoms with van der Waals surface area (Å²) < 4.78 is 7.77. The van der Waals surface area contributed by atoms with E-state index in [4.69, 9.17) is 11.6 Å². The van der Waals surface area contributed by atoms with Crippen LogP contribution in [0.15, 0.2) is 30.5 Å². The summed E-state index contributed by atoms with van der Waals surface area (Å²) in [5.74, 6) is 0.463. The fourth-order valence-corrected chi connectivity index (χ4v) is 2.06. The van der Waals surface area contributed by atoms with Crippen LogP contribution in [-0.2, 0) is 0 Å². The summed E-state index contributed by atoms with van der Waals surface area (Å²) in [6, 6.07) is 7.13. The highest BCUT2D eigenvalue weighted by Crippen LogP contribution is 2.21. The number of urea groups is 1. The summed E-state index contributed by atoms with van der Waals surface area (Å²) in [5.41, 5.74) is 1.01. The van der Waals surface area contributed by atoms with Crippen LogP contribution in [0.25, 0.3) is 0 Å². The molecule has 1 aromatic heterocycles. The predicted octanol–water partition coefficient (Wildman–Crippen LogP) is 3.42. The number of nitrogens with zero attached hydrogens (tertiary/aromatic N) is 3. The van der Waals surface area contributed by atoms with Crippen LogP contribution in [0.3, 0.4) is 0 Å². The van der Waals surface area contributed by atoms with Crippen LogP contribution in [0.5, 0.6) is 0 Å². The zero-order chi connectivity index (χ0) is 13.8. The second-order valence-electron chi connectivity index (χ2n) is 4.06. The van der Waals surface area contributed by atoms with E-state index < -0.39 is 0 Å². The van der Waals surface area contributed by atoms with Gasteiger partial charge in [-0.05, 0) is 24.6 Å². The molecule has 2 aromatic rings. The third-order valence-corrected chi connectivity index (χ3v) is 3.58. The molecule has 2 amide bonds. The van der Waals surface area contributed by atoms with E-state index >= 15 is 0 Å². The van der Waals surface area contributed by atoms with Gasteiger partial charge in [-0.3, -0.25) is 5.32 Å². The minimum atomic E-state index is -0.227. The molecule has 0 radical (unpaired) electrons. The lowest BCUT2D eigenvalue weighted by molar-refractivity contribution is 0.208. The van der Waals surface area contributed by atoms with Gasteiger partial charge in [-0.2, -0.15) is 8.75 Å². The fourth-order valence-electron chi connectivity index (χ4n) is 1.56. The van der Waals surface area contributed by atoms with E-state index in [1.807, 2.05) is 31.2 Å². The molecule has 100 valence electrons. The van der Waals surface area contributed by atoms with Gasteiger partial charge in [0.05, 0.1) is 24.0 Å². The molecule has 0 bridgehead atoms. The van der Waals surface area contributed by atoms with E-state index in [1.54, 1.807) is 11.9 Å². The molecule has 0 aliphatic heterocycles. The number of benzene rings is 1. The molecular formula is C12H13ClN4OS. The molecule has 1 atom stereocenters. The fraction of sp³-hybridized carbons (Fsp3) is 0.250. The van der Waals surface area contributed by atoms with Crippen molar-refractivity contribution in [3.05, 3.63) is 41.0 Å². The Morgan fingerprint density at radius 3 is 2.68 bits per heavy atom. The Morgan fingerprint density at radius 1 is 1.42 bits per heavy atom. The number of carbonyl (C=O) groups excluding carboxylic acids is 1. The molecule has 0 aliphatic rings. The van der Waals surface area contributed by atoms with Crippen molar-refractivity contribution in [1.29, 1.82) is 0 Å². The summed E-state index contributed by atoms with van der Waals surface area (Å²) in [6.45, 7) is 1.95. The van der Waals surface area contributed by atoms with Crippen LogP contribution in [0.4, 0.5) is 10.6 Å². The number of rotatable bonds is 3. The van der Waals surface area contributed by atoms with Crippen LogP contribution in [-0.4, -0.2) is 26.7 Å². The van der Waals surface area contributed by atoms with Gasteiger partial charge in [-0.1, -0.05) is 23.7 Å². The molecule has 5 nitrogen and oxygen atoms in total. The van der Waals surface area contributed by atoms with Gasteiger partial charge < -0.3 is 4.90 Å². The first-order valence-corrected chi connectivity index (χ1v) is 6.75.